The molecule has 5 nitrogen and oxygen atoms in total. The van der Waals surface area contributed by atoms with E-state index in [0.717, 1.165) is 44.8 Å². The van der Waals surface area contributed by atoms with Crippen molar-refractivity contribution in [3.05, 3.63) is 29.3 Å². The van der Waals surface area contributed by atoms with Gasteiger partial charge in [0.05, 0.1) is 18.9 Å². The fourth-order valence-corrected chi connectivity index (χ4v) is 4.35. The molecule has 5 heteroatoms. The molecular weight excluding hydrogens is 326 g/mol. The molecule has 2 aliphatic rings. The van der Waals surface area contributed by atoms with E-state index >= 15 is 0 Å². The molecule has 0 saturated carbocycles. The molecule has 1 aromatic carbocycles. The Bertz CT molecular complexity index is 657. The summed E-state index contributed by atoms with van der Waals surface area (Å²) in [7, 11) is 3.93. The minimum Gasteiger partial charge on any atom is -0.497 e. The minimum atomic E-state index is -0.0749. The van der Waals surface area contributed by atoms with E-state index in [2.05, 4.69) is 55.8 Å². The Morgan fingerprint density at radius 2 is 2.08 bits per heavy atom. The van der Waals surface area contributed by atoms with Crippen molar-refractivity contribution in [1.29, 1.82) is 0 Å². The van der Waals surface area contributed by atoms with Crippen LogP contribution in [0.1, 0.15) is 38.3 Å². The molecule has 1 aromatic rings. The predicted octanol–water partition coefficient (Wildman–Crippen LogP) is 2.93. The number of hydrogen-bond donors (Lipinski definition) is 0. The molecule has 1 heterocycles. The number of benzene rings is 1. The first kappa shape index (κ1) is 19.2. The Labute approximate surface area is 157 Å². The van der Waals surface area contributed by atoms with E-state index in [9.17, 15) is 0 Å². The summed E-state index contributed by atoms with van der Waals surface area (Å²) in [6.07, 6.45) is 2.04. The number of ether oxygens (including phenoxy) is 1. The van der Waals surface area contributed by atoms with Gasteiger partial charge in [-0.1, -0.05) is 25.1 Å². The topological polar surface area (TPSA) is 37.3 Å². The van der Waals surface area contributed by atoms with Crippen molar-refractivity contribution in [1.82, 2.24) is 9.80 Å². The molecule has 0 amide bonds. The van der Waals surface area contributed by atoms with Crippen LogP contribution in [0.3, 0.4) is 0 Å². The van der Waals surface area contributed by atoms with Gasteiger partial charge in [-0.2, -0.15) is 0 Å². The van der Waals surface area contributed by atoms with Crippen molar-refractivity contribution < 1.29 is 9.57 Å². The van der Waals surface area contributed by atoms with Crippen molar-refractivity contribution >= 4 is 5.71 Å². The van der Waals surface area contributed by atoms with Crippen LogP contribution in [0.5, 0.6) is 5.75 Å². The number of hydrogen-bond acceptors (Lipinski definition) is 5. The van der Waals surface area contributed by atoms with Crippen LogP contribution < -0.4 is 4.74 Å². The van der Waals surface area contributed by atoms with E-state index in [1.165, 1.54) is 16.8 Å². The van der Waals surface area contributed by atoms with Gasteiger partial charge in [0.2, 0.25) is 0 Å². The summed E-state index contributed by atoms with van der Waals surface area (Å²) < 4.78 is 5.48. The van der Waals surface area contributed by atoms with E-state index in [-0.39, 0.29) is 5.41 Å². The Hall–Kier alpha value is -1.59. The Morgan fingerprint density at radius 1 is 1.31 bits per heavy atom. The van der Waals surface area contributed by atoms with Crippen LogP contribution in [-0.4, -0.2) is 68.5 Å². The lowest BCUT2D eigenvalue weighted by Crippen LogP contribution is -2.58. The lowest BCUT2D eigenvalue weighted by Gasteiger charge is -2.49. The summed E-state index contributed by atoms with van der Waals surface area (Å²) >= 11 is 0. The van der Waals surface area contributed by atoms with Gasteiger partial charge in [0.25, 0.3) is 0 Å². The number of likely N-dealkylation sites (tertiary alicyclic amines) is 1. The Kier molecular flexibility index (Phi) is 5.88. The fraction of sp³-hybridized carbons (Fsp3) is 0.667. The molecule has 0 aromatic heterocycles. The normalized spacial score (nSPS) is 26.8. The van der Waals surface area contributed by atoms with Crippen LogP contribution >= 0.6 is 0 Å². The Morgan fingerprint density at radius 3 is 2.77 bits per heavy atom. The van der Waals surface area contributed by atoms with E-state index < -0.39 is 0 Å². The summed E-state index contributed by atoms with van der Waals surface area (Å²) in [5, 5.41) is 4.69. The quantitative estimate of drug-likeness (QED) is 0.554. The van der Waals surface area contributed by atoms with Crippen molar-refractivity contribution in [3.63, 3.8) is 0 Å². The monoisotopic (exact) mass is 359 g/mol. The smallest absolute Gasteiger partial charge is 0.129 e. The van der Waals surface area contributed by atoms with Gasteiger partial charge in [0.1, 0.15) is 12.4 Å². The Balaban J connectivity index is 1.85. The summed E-state index contributed by atoms with van der Waals surface area (Å²) in [5.41, 5.74) is 3.86. The van der Waals surface area contributed by atoms with Crippen LogP contribution in [0.2, 0.25) is 0 Å². The zero-order valence-electron chi connectivity index (χ0n) is 16.9. The summed E-state index contributed by atoms with van der Waals surface area (Å²) in [6, 6.07) is 6.81. The van der Waals surface area contributed by atoms with Gasteiger partial charge in [-0.25, -0.2) is 0 Å². The summed E-state index contributed by atoms with van der Waals surface area (Å²) in [5.74, 6) is 0.921. The highest BCUT2D eigenvalue weighted by molar-refractivity contribution is 6.01. The molecule has 1 aliphatic heterocycles. The number of rotatable bonds is 7. The van der Waals surface area contributed by atoms with Gasteiger partial charge in [-0.15, -0.1) is 0 Å². The molecule has 26 heavy (non-hydrogen) atoms. The number of likely N-dealkylation sites (N-methyl/N-ethyl adjacent to an activating group) is 2. The van der Waals surface area contributed by atoms with E-state index in [0.29, 0.717) is 12.6 Å². The van der Waals surface area contributed by atoms with E-state index in [4.69, 9.17) is 14.7 Å². The molecule has 144 valence electrons. The molecule has 0 radical (unpaired) electrons. The molecule has 2 atom stereocenters. The summed E-state index contributed by atoms with van der Waals surface area (Å²) in [6.45, 7) is 11.4. The van der Waals surface area contributed by atoms with Gasteiger partial charge >= 0.3 is 0 Å². The van der Waals surface area contributed by atoms with Crippen molar-refractivity contribution in [2.45, 2.75) is 45.1 Å². The first-order valence-corrected chi connectivity index (χ1v) is 9.83. The number of piperidine rings is 1. The molecular formula is C21H33N3O2. The lowest BCUT2D eigenvalue weighted by atomic mass is 9.63. The standard InChI is InChI=1S/C21H33N3O2/c1-6-24(7-2)12-13-26-22-20-19-14-16-8-9-17(25-5)15-18(16)21(20,3)10-11-23(19)4/h8-9,15,19H,6-7,10-14H2,1-5H3/b22-20+. The largest absolute Gasteiger partial charge is 0.497 e. The predicted molar refractivity (Wildman–Crippen MR) is 106 cm³/mol. The maximum atomic E-state index is 5.82. The number of oxime groups is 1. The number of methoxy groups -OCH3 is 1. The highest BCUT2D eigenvalue weighted by atomic mass is 16.6. The fourth-order valence-electron chi connectivity index (χ4n) is 4.35. The number of fused-ring (bicyclic) bond motifs is 4. The molecule has 0 spiro atoms. The molecule has 1 fully saturated rings. The third kappa shape index (κ3) is 3.47. The third-order valence-corrected chi connectivity index (χ3v) is 6.26. The SMILES string of the molecule is CCN(CC)CCO/N=C1\C2Cc3ccc(OC)cc3C1(C)CCN2C. The van der Waals surface area contributed by atoms with Gasteiger partial charge in [0.15, 0.2) is 0 Å². The van der Waals surface area contributed by atoms with Crippen LogP contribution in [0.25, 0.3) is 0 Å². The van der Waals surface area contributed by atoms with Gasteiger partial charge < -0.3 is 14.5 Å². The van der Waals surface area contributed by atoms with Crippen LogP contribution in [0.4, 0.5) is 0 Å². The van der Waals surface area contributed by atoms with Gasteiger partial charge in [-0.3, -0.25) is 4.90 Å². The zero-order valence-corrected chi connectivity index (χ0v) is 16.9. The zero-order chi connectivity index (χ0) is 18.7. The molecule has 0 N–H and O–H groups in total. The van der Waals surface area contributed by atoms with Gasteiger partial charge in [0, 0.05) is 12.0 Å². The highest BCUT2D eigenvalue weighted by Gasteiger charge is 2.48. The maximum Gasteiger partial charge on any atom is 0.129 e. The molecule has 2 unspecified atom stereocenters. The van der Waals surface area contributed by atoms with Crippen LogP contribution in [0, 0.1) is 0 Å². The van der Waals surface area contributed by atoms with Gasteiger partial charge in [-0.05, 0) is 69.7 Å². The minimum absolute atomic E-state index is 0.0749. The average molecular weight is 360 g/mol. The highest BCUT2D eigenvalue weighted by Crippen LogP contribution is 2.43. The molecule has 1 saturated heterocycles. The second-order valence-corrected chi connectivity index (χ2v) is 7.64. The molecule has 2 bridgehead atoms. The average Bonchev–Trinajstić information content (AvgIpc) is 2.66. The first-order valence-electron chi connectivity index (χ1n) is 9.83. The second-order valence-electron chi connectivity index (χ2n) is 7.64. The first-order chi connectivity index (χ1) is 12.5. The van der Waals surface area contributed by atoms with E-state index in [1.807, 2.05) is 0 Å². The summed E-state index contributed by atoms with van der Waals surface area (Å²) in [4.78, 5) is 10.6. The van der Waals surface area contributed by atoms with Crippen molar-refractivity contribution in [2.24, 2.45) is 5.16 Å². The second kappa shape index (κ2) is 7.97. The van der Waals surface area contributed by atoms with Crippen LogP contribution in [-0.2, 0) is 16.7 Å². The third-order valence-electron chi connectivity index (χ3n) is 6.26. The molecule has 3 rings (SSSR count). The number of nitrogens with zero attached hydrogens (tertiary/aromatic N) is 3. The molecule has 1 aliphatic carbocycles. The lowest BCUT2D eigenvalue weighted by molar-refractivity contribution is 0.106. The maximum absolute atomic E-state index is 5.82. The van der Waals surface area contributed by atoms with Crippen LogP contribution in [0.15, 0.2) is 23.4 Å². The van der Waals surface area contributed by atoms with Crippen molar-refractivity contribution in [3.8, 4) is 5.75 Å². The van der Waals surface area contributed by atoms with E-state index in [1.54, 1.807) is 7.11 Å². The van der Waals surface area contributed by atoms with Crippen molar-refractivity contribution in [2.75, 3.05) is 46.9 Å².